The molecule has 1 amide bonds. The standard InChI is InChI=1S/C15H15FN2O2/c1-9-8-13(18-20-9)17-15(19)14(10-2-3-10)11-4-6-12(16)7-5-11/h4-8,10,14H,2-3H2,1H3,(H,17,18,19). The topological polar surface area (TPSA) is 55.1 Å². The number of hydrogen-bond acceptors (Lipinski definition) is 3. The third-order valence-corrected chi connectivity index (χ3v) is 3.48. The van der Waals surface area contributed by atoms with Crippen molar-refractivity contribution < 1.29 is 13.7 Å². The highest BCUT2D eigenvalue weighted by Gasteiger charge is 2.37. The Kier molecular flexibility index (Phi) is 3.26. The largest absolute Gasteiger partial charge is 0.360 e. The summed E-state index contributed by atoms with van der Waals surface area (Å²) in [5.41, 5.74) is 0.839. The summed E-state index contributed by atoms with van der Waals surface area (Å²) in [4.78, 5) is 12.4. The summed E-state index contributed by atoms with van der Waals surface area (Å²) in [6.07, 6.45) is 2.04. The van der Waals surface area contributed by atoms with Crippen LogP contribution in [-0.4, -0.2) is 11.1 Å². The van der Waals surface area contributed by atoms with Crippen LogP contribution >= 0.6 is 0 Å². The predicted octanol–water partition coefficient (Wildman–Crippen LogP) is 3.25. The third-order valence-electron chi connectivity index (χ3n) is 3.48. The number of aryl methyl sites for hydroxylation is 1. The molecular formula is C15H15FN2O2. The minimum atomic E-state index is -0.296. The highest BCUT2D eigenvalue weighted by molar-refractivity contribution is 5.95. The van der Waals surface area contributed by atoms with Gasteiger partial charge in [0.15, 0.2) is 5.82 Å². The van der Waals surface area contributed by atoms with Gasteiger partial charge in [0.25, 0.3) is 0 Å². The average Bonchev–Trinajstić information content (AvgIpc) is 3.16. The first-order chi connectivity index (χ1) is 9.63. The number of anilines is 1. The van der Waals surface area contributed by atoms with E-state index in [4.69, 9.17) is 4.52 Å². The van der Waals surface area contributed by atoms with Crippen LogP contribution in [0.5, 0.6) is 0 Å². The molecule has 0 radical (unpaired) electrons. The smallest absolute Gasteiger partial charge is 0.233 e. The lowest BCUT2D eigenvalue weighted by Gasteiger charge is -2.15. The van der Waals surface area contributed by atoms with E-state index in [2.05, 4.69) is 10.5 Å². The minimum absolute atomic E-state index is 0.118. The monoisotopic (exact) mass is 274 g/mol. The third kappa shape index (κ3) is 2.71. The van der Waals surface area contributed by atoms with E-state index in [1.165, 1.54) is 12.1 Å². The lowest BCUT2D eigenvalue weighted by molar-refractivity contribution is -0.118. The highest BCUT2D eigenvalue weighted by atomic mass is 19.1. The normalized spacial score (nSPS) is 15.9. The first kappa shape index (κ1) is 12.8. The second-order valence-electron chi connectivity index (χ2n) is 5.18. The fourth-order valence-electron chi connectivity index (χ4n) is 2.37. The van der Waals surface area contributed by atoms with Gasteiger partial charge in [-0.1, -0.05) is 17.3 Å². The zero-order valence-electron chi connectivity index (χ0n) is 11.1. The minimum Gasteiger partial charge on any atom is -0.360 e. The summed E-state index contributed by atoms with van der Waals surface area (Å²) in [6, 6.07) is 7.79. The molecule has 1 atom stereocenters. The Balaban J connectivity index is 1.79. The van der Waals surface area contributed by atoms with Crippen molar-refractivity contribution in [3.63, 3.8) is 0 Å². The number of carbonyl (C=O) groups is 1. The molecule has 1 fully saturated rings. The second kappa shape index (κ2) is 5.07. The number of aromatic nitrogens is 1. The Labute approximate surface area is 116 Å². The Morgan fingerprint density at radius 2 is 2.10 bits per heavy atom. The van der Waals surface area contributed by atoms with E-state index in [1.807, 2.05) is 0 Å². The SMILES string of the molecule is Cc1cc(NC(=O)C(c2ccc(F)cc2)C2CC2)no1. The molecule has 1 aromatic heterocycles. The zero-order chi connectivity index (χ0) is 14.1. The molecule has 0 saturated heterocycles. The number of hydrogen-bond donors (Lipinski definition) is 1. The molecule has 1 unspecified atom stereocenters. The molecule has 104 valence electrons. The molecular weight excluding hydrogens is 259 g/mol. The van der Waals surface area contributed by atoms with E-state index in [1.54, 1.807) is 25.1 Å². The molecule has 1 heterocycles. The van der Waals surface area contributed by atoms with Crippen LogP contribution in [0.3, 0.4) is 0 Å². The summed E-state index contributed by atoms with van der Waals surface area (Å²) in [5, 5.41) is 6.52. The molecule has 5 heteroatoms. The maximum atomic E-state index is 13.0. The van der Waals surface area contributed by atoms with Crippen molar-refractivity contribution in [3.05, 3.63) is 47.5 Å². The van der Waals surface area contributed by atoms with Gasteiger partial charge in [-0.15, -0.1) is 0 Å². The van der Waals surface area contributed by atoms with Gasteiger partial charge in [0.1, 0.15) is 11.6 Å². The van der Waals surface area contributed by atoms with Gasteiger partial charge < -0.3 is 9.84 Å². The van der Waals surface area contributed by atoms with E-state index in [9.17, 15) is 9.18 Å². The van der Waals surface area contributed by atoms with Crippen LogP contribution in [0.15, 0.2) is 34.9 Å². The van der Waals surface area contributed by atoms with Gasteiger partial charge in [-0.25, -0.2) is 4.39 Å². The van der Waals surface area contributed by atoms with E-state index in [-0.39, 0.29) is 17.6 Å². The number of rotatable bonds is 4. The van der Waals surface area contributed by atoms with Crippen LogP contribution in [0.4, 0.5) is 10.2 Å². The van der Waals surface area contributed by atoms with Gasteiger partial charge in [-0.2, -0.15) is 0 Å². The Morgan fingerprint density at radius 3 is 2.65 bits per heavy atom. The van der Waals surface area contributed by atoms with Gasteiger partial charge in [0.2, 0.25) is 5.91 Å². The highest BCUT2D eigenvalue weighted by Crippen LogP contribution is 2.43. The molecule has 2 aromatic rings. The molecule has 1 aliphatic rings. The fourth-order valence-corrected chi connectivity index (χ4v) is 2.37. The van der Waals surface area contributed by atoms with E-state index < -0.39 is 0 Å². The molecule has 1 aromatic carbocycles. The summed E-state index contributed by atoms with van der Waals surface area (Å²) < 4.78 is 17.9. The lowest BCUT2D eigenvalue weighted by Crippen LogP contribution is -2.23. The summed E-state index contributed by atoms with van der Waals surface area (Å²) in [6.45, 7) is 1.76. The number of benzene rings is 1. The van der Waals surface area contributed by atoms with Crippen molar-refractivity contribution in [3.8, 4) is 0 Å². The molecule has 4 nitrogen and oxygen atoms in total. The second-order valence-corrected chi connectivity index (χ2v) is 5.18. The van der Waals surface area contributed by atoms with Crippen molar-refractivity contribution >= 4 is 11.7 Å². The first-order valence-electron chi connectivity index (χ1n) is 6.63. The van der Waals surface area contributed by atoms with E-state index in [0.29, 0.717) is 17.5 Å². The van der Waals surface area contributed by atoms with Gasteiger partial charge in [0.05, 0.1) is 5.92 Å². The van der Waals surface area contributed by atoms with Gasteiger partial charge >= 0.3 is 0 Å². The Morgan fingerprint density at radius 1 is 1.40 bits per heavy atom. The number of nitrogens with zero attached hydrogens (tertiary/aromatic N) is 1. The van der Waals surface area contributed by atoms with Crippen LogP contribution in [0.1, 0.15) is 30.1 Å². The van der Waals surface area contributed by atoms with Crippen LogP contribution in [0, 0.1) is 18.7 Å². The van der Waals surface area contributed by atoms with Crippen LogP contribution in [-0.2, 0) is 4.79 Å². The van der Waals surface area contributed by atoms with Crippen LogP contribution < -0.4 is 5.32 Å². The molecule has 1 saturated carbocycles. The maximum absolute atomic E-state index is 13.0. The molecule has 1 aliphatic carbocycles. The molecule has 20 heavy (non-hydrogen) atoms. The van der Waals surface area contributed by atoms with Crippen molar-refractivity contribution in [2.24, 2.45) is 5.92 Å². The van der Waals surface area contributed by atoms with Gasteiger partial charge in [0, 0.05) is 6.07 Å². The average molecular weight is 274 g/mol. The van der Waals surface area contributed by atoms with Crippen LogP contribution in [0.2, 0.25) is 0 Å². The first-order valence-corrected chi connectivity index (χ1v) is 6.63. The fraction of sp³-hybridized carbons (Fsp3) is 0.333. The number of nitrogens with one attached hydrogen (secondary N) is 1. The molecule has 0 aliphatic heterocycles. The number of carbonyl (C=O) groups excluding carboxylic acids is 1. The Bertz CT molecular complexity index is 617. The predicted molar refractivity (Wildman–Crippen MR) is 71.7 cm³/mol. The molecule has 3 rings (SSSR count). The van der Waals surface area contributed by atoms with E-state index in [0.717, 1.165) is 18.4 Å². The number of halogens is 1. The quantitative estimate of drug-likeness (QED) is 0.931. The summed E-state index contributed by atoms with van der Waals surface area (Å²) in [5.74, 6) is 0.717. The van der Waals surface area contributed by atoms with Crippen LogP contribution in [0.25, 0.3) is 0 Å². The van der Waals surface area contributed by atoms with Crippen molar-refractivity contribution in [2.45, 2.75) is 25.7 Å². The van der Waals surface area contributed by atoms with Gasteiger partial charge in [-0.05, 0) is 43.4 Å². The van der Waals surface area contributed by atoms with Crippen molar-refractivity contribution in [1.82, 2.24) is 5.16 Å². The molecule has 0 bridgehead atoms. The Hall–Kier alpha value is -2.17. The lowest BCUT2D eigenvalue weighted by atomic mass is 9.93. The summed E-state index contributed by atoms with van der Waals surface area (Å²) >= 11 is 0. The number of amides is 1. The molecule has 1 N–H and O–H groups in total. The van der Waals surface area contributed by atoms with Crippen molar-refractivity contribution in [2.75, 3.05) is 5.32 Å². The van der Waals surface area contributed by atoms with Crippen molar-refractivity contribution in [1.29, 1.82) is 0 Å². The maximum Gasteiger partial charge on any atom is 0.233 e. The summed E-state index contributed by atoms with van der Waals surface area (Å²) in [7, 11) is 0. The van der Waals surface area contributed by atoms with E-state index >= 15 is 0 Å². The zero-order valence-corrected chi connectivity index (χ0v) is 11.1. The molecule has 0 spiro atoms. The van der Waals surface area contributed by atoms with Gasteiger partial charge in [-0.3, -0.25) is 4.79 Å².